The lowest BCUT2D eigenvalue weighted by Crippen LogP contribution is -2.54. The number of likely N-dealkylation sites (N-methyl/N-ethyl adjacent to an activating group) is 1. The van der Waals surface area contributed by atoms with E-state index in [1.54, 1.807) is 0 Å². The van der Waals surface area contributed by atoms with Gasteiger partial charge in [-0.15, -0.1) is 0 Å². The van der Waals surface area contributed by atoms with Gasteiger partial charge in [0.15, 0.2) is 5.65 Å². The first-order chi connectivity index (χ1) is 20.4. The molecular formula is C34H40N6O2. The maximum absolute atomic E-state index is 13.2. The van der Waals surface area contributed by atoms with Gasteiger partial charge in [0, 0.05) is 80.4 Å². The van der Waals surface area contributed by atoms with Crippen LogP contribution in [0.2, 0.25) is 0 Å². The van der Waals surface area contributed by atoms with E-state index in [2.05, 4.69) is 47.0 Å². The lowest BCUT2D eigenvalue weighted by atomic mass is 9.89. The molecular weight excluding hydrogens is 524 g/mol. The van der Waals surface area contributed by atoms with Crippen LogP contribution in [0, 0.1) is 19.8 Å². The monoisotopic (exact) mass is 564 g/mol. The van der Waals surface area contributed by atoms with Crippen LogP contribution in [0.4, 0.5) is 5.69 Å². The Morgan fingerprint density at radius 2 is 1.98 bits per heavy atom. The molecule has 0 bridgehead atoms. The average molecular weight is 565 g/mol. The Bertz CT molecular complexity index is 1660. The number of aryl methyl sites for hydroxylation is 3. The molecule has 0 saturated carbocycles. The largest absolute Gasteiger partial charge is 0.381 e. The molecule has 1 N–H and O–H groups in total. The van der Waals surface area contributed by atoms with Crippen molar-refractivity contribution in [2.24, 2.45) is 5.92 Å². The topological polar surface area (TPSA) is 77.6 Å². The van der Waals surface area contributed by atoms with Crippen LogP contribution in [0.25, 0.3) is 33.5 Å². The number of ether oxygens (including phenoxy) is 1. The van der Waals surface area contributed by atoms with E-state index in [0.29, 0.717) is 12.0 Å². The van der Waals surface area contributed by atoms with Gasteiger partial charge in [0.25, 0.3) is 5.91 Å². The number of hydrogen-bond acceptors (Lipinski definition) is 6. The van der Waals surface area contributed by atoms with Crippen molar-refractivity contribution in [2.75, 3.05) is 58.4 Å². The molecule has 3 aliphatic heterocycles. The number of nitrogens with zero attached hydrogens (tertiary/aromatic N) is 5. The van der Waals surface area contributed by atoms with E-state index >= 15 is 0 Å². The lowest BCUT2D eigenvalue weighted by molar-refractivity contribution is 0.0765. The lowest BCUT2D eigenvalue weighted by Gasteiger charge is -2.46. The summed E-state index contributed by atoms with van der Waals surface area (Å²) in [4.78, 5) is 33.3. The number of benzene rings is 2. The Hall–Kier alpha value is -3.75. The van der Waals surface area contributed by atoms with Gasteiger partial charge in [-0.3, -0.25) is 4.79 Å². The van der Waals surface area contributed by atoms with Gasteiger partial charge in [-0.25, -0.2) is 9.97 Å². The van der Waals surface area contributed by atoms with Crippen molar-refractivity contribution >= 4 is 22.8 Å². The molecule has 2 atom stereocenters. The molecule has 3 aliphatic rings. The summed E-state index contributed by atoms with van der Waals surface area (Å²) in [7, 11) is 4.12. The third kappa shape index (κ3) is 4.86. The van der Waals surface area contributed by atoms with E-state index in [4.69, 9.17) is 14.7 Å². The fraction of sp³-hybridized carbons (Fsp3) is 0.441. The molecule has 5 heterocycles. The van der Waals surface area contributed by atoms with Crippen molar-refractivity contribution in [1.82, 2.24) is 24.8 Å². The summed E-state index contributed by atoms with van der Waals surface area (Å²) in [5.41, 5.74) is 11.5. The van der Waals surface area contributed by atoms with Crippen LogP contribution in [-0.2, 0) is 11.2 Å². The van der Waals surface area contributed by atoms with Crippen LogP contribution < -0.4 is 4.90 Å². The van der Waals surface area contributed by atoms with Gasteiger partial charge < -0.3 is 24.4 Å². The standard InChI is InChI=1S/C34H40N6O2/c1-21-13-24(6-8-28(21)34(41)39(4)18-23-9-12-42-20-23)29-16-35-33-31(29)37-30(17-36-33)26-14-22(2)32-25(15-26)5-7-27-19-38(3)10-11-40(27)32/h6,8,13-17,23,27H,5,7,9-12,18-20H2,1-4H3,(H,35,36)/t23-,27-/m0/s1. The van der Waals surface area contributed by atoms with Crippen molar-refractivity contribution in [2.45, 2.75) is 39.2 Å². The molecule has 2 aromatic carbocycles. The number of rotatable bonds is 5. The van der Waals surface area contributed by atoms with Crippen molar-refractivity contribution in [3.05, 3.63) is 65.0 Å². The van der Waals surface area contributed by atoms with Crippen LogP contribution in [0.15, 0.2) is 42.7 Å². The maximum atomic E-state index is 13.2. The molecule has 0 aliphatic carbocycles. The van der Waals surface area contributed by atoms with Crippen LogP contribution in [0.1, 0.15) is 39.9 Å². The van der Waals surface area contributed by atoms with Crippen molar-refractivity contribution in [1.29, 1.82) is 0 Å². The molecule has 218 valence electrons. The molecule has 0 radical (unpaired) electrons. The third-order valence-corrected chi connectivity index (χ3v) is 9.45. The van der Waals surface area contributed by atoms with Crippen molar-refractivity contribution in [3.63, 3.8) is 0 Å². The van der Waals surface area contributed by atoms with E-state index in [1.807, 2.05) is 43.4 Å². The summed E-state index contributed by atoms with van der Waals surface area (Å²) in [5.74, 6) is 0.470. The van der Waals surface area contributed by atoms with Crippen molar-refractivity contribution in [3.8, 4) is 22.4 Å². The van der Waals surface area contributed by atoms with Gasteiger partial charge in [0.05, 0.1) is 18.5 Å². The molecule has 2 saturated heterocycles. The zero-order chi connectivity index (χ0) is 29.0. The maximum Gasteiger partial charge on any atom is 0.253 e. The second-order valence-electron chi connectivity index (χ2n) is 12.5. The Balaban J connectivity index is 1.17. The Labute approximate surface area is 247 Å². The van der Waals surface area contributed by atoms with Gasteiger partial charge in [0.1, 0.15) is 5.52 Å². The predicted molar refractivity (Wildman–Crippen MR) is 167 cm³/mol. The normalized spacial score (nSPS) is 20.5. The van der Waals surface area contributed by atoms with Crippen molar-refractivity contribution < 1.29 is 9.53 Å². The molecule has 4 aromatic rings. The Morgan fingerprint density at radius 1 is 1.12 bits per heavy atom. The fourth-order valence-electron chi connectivity index (χ4n) is 7.20. The van der Waals surface area contributed by atoms with Gasteiger partial charge in [0.2, 0.25) is 0 Å². The number of amides is 1. The molecule has 0 unspecified atom stereocenters. The quantitative estimate of drug-likeness (QED) is 0.364. The van der Waals surface area contributed by atoms with Gasteiger partial charge in [-0.05, 0) is 80.6 Å². The van der Waals surface area contributed by atoms with Crippen LogP contribution in [0.3, 0.4) is 0 Å². The Morgan fingerprint density at radius 3 is 2.79 bits per heavy atom. The molecule has 8 nitrogen and oxygen atoms in total. The highest BCUT2D eigenvalue weighted by Crippen LogP contribution is 2.38. The van der Waals surface area contributed by atoms with Gasteiger partial charge >= 0.3 is 0 Å². The number of carbonyl (C=O) groups excluding carboxylic acids is 1. The zero-order valence-electron chi connectivity index (χ0n) is 25.1. The number of hydrogen-bond donors (Lipinski definition) is 1. The third-order valence-electron chi connectivity index (χ3n) is 9.45. The van der Waals surface area contributed by atoms with Crippen LogP contribution in [-0.4, -0.2) is 90.2 Å². The number of piperazine rings is 1. The fourth-order valence-corrected chi connectivity index (χ4v) is 7.20. The molecule has 8 heteroatoms. The molecule has 0 spiro atoms. The highest BCUT2D eigenvalue weighted by Gasteiger charge is 2.32. The number of anilines is 1. The van der Waals surface area contributed by atoms with E-state index in [-0.39, 0.29) is 5.91 Å². The summed E-state index contributed by atoms with van der Waals surface area (Å²) in [6.07, 6.45) is 7.15. The SMILES string of the molecule is Cc1cc(-c2c[nH]c3ncc(-c4cc(C)c5c(c4)CC[C@H]4CN(C)CCN54)nc23)ccc1C(=O)N(C)C[C@@H]1CCOC1. The minimum absolute atomic E-state index is 0.0534. The molecule has 7 rings (SSSR count). The van der Waals surface area contributed by atoms with Gasteiger partial charge in [-0.1, -0.05) is 12.1 Å². The smallest absolute Gasteiger partial charge is 0.253 e. The van der Waals surface area contributed by atoms with Crippen LogP contribution in [0.5, 0.6) is 0 Å². The first-order valence-electron chi connectivity index (χ1n) is 15.2. The number of aromatic amines is 1. The van der Waals surface area contributed by atoms with Gasteiger partial charge in [-0.2, -0.15) is 0 Å². The summed E-state index contributed by atoms with van der Waals surface area (Å²) >= 11 is 0. The highest BCUT2D eigenvalue weighted by atomic mass is 16.5. The summed E-state index contributed by atoms with van der Waals surface area (Å²) in [5, 5.41) is 0. The zero-order valence-corrected chi connectivity index (χ0v) is 25.1. The number of aromatic nitrogens is 3. The van der Waals surface area contributed by atoms with Crippen LogP contribution >= 0.6 is 0 Å². The number of fused-ring (bicyclic) bond motifs is 4. The predicted octanol–water partition coefficient (Wildman–Crippen LogP) is 5.08. The Kier molecular flexibility index (Phi) is 6.98. The first-order valence-corrected chi connectivity index (χ1v) is 15.2. The summed E-state index contributed by atoms with van der Waals surface area (Å²) < 4.78 is 5.49. The second-order valence-corrected chi connectivity index (χ2v) is 12.5. The van der Waals surface area contributed by atoms with E-state index < -0.39 is 0 Å². The van der Waals surface area contributed by atoms with E-state index in [0.717, 1.165) is 96.9 Å². The average Bonchev–Trinajstić information content (AvgIpc) is 3.66. The summed E-state index contributed by atoms with van der Waals surface area (Å²) in [6.45, 7) is 9.83. The molecule has 1 amide bonds. The molecule has 42 heavy (non-hydrogen) atoms. The van der Waals surface area contributed by atoms with E-state index in [1.165, 1.54) is 23.2 Å². The first kappa shape index (κ1) is 27.1. The minimum atomic E-state index is 0.0534. The summed E-state index contributed by atoms with van der Waals surface area (Å²) in [6, 6.07) is 11.3. The molecule has 2 fully saturated rings. The highest BCUT2D eigenvalue weighted by molar-refractivity contribution is 5.97. The number of H-pyrrole nitrogens is 1. The number of nitrogens with one attached hydrogen (secondary N) is 1. The second kappa shape index (κ2) is 10.8. The minimum Gasteiger partial charge on any atom is -0.381 e. The van der Waals surface area contributed by atoms with E-state index in [9.17, 15) is 4.79 Å². The molecule has 2 aromatic heterocycles. The number of carbonyl (C=O) groups is 1.